The molecule has 1 rings (SSSR count). The molecule has 0 spiro atoms. The summed E-state index contributed by atoms with van der Waals surface area (Å²) in [6.45, 7) is 6.44. The Labute approximate surface area is 193 Å². The summed E-state index contributed by atoms with van der Waals surface area (Å²) in [7, 11) is 0. The molecule has 1 aromatic carbocycles. The molecule has 0 saturated heterocycles. The molecule has 0 radical (unpaired) electrons. The van der Waals surface area contributed by atoms with Gasteiger partial charge in [0.05, 0.1) is 0 Å². The van der Waals surface area contributed by atoms with Gasteiger partial charge in [-0.3, -0.25) is 0 Å². The van der Waals surface area contributed by atoms with E-state index in [1.54, 1.807) is 0 Å². The summed E-state index contributed by atoms with van der Waals surface area (Å²) in [5.41, 5.74) is 0.661. The number of rotatable bonds is 19. The first-order chi connectivity index (χ1) is 14.8. The minimum absolute atomic E-state index is 0.165. The molecular weight excluding hydrogens is 399 g/mol. The van der Waals surface area contributed by atoms with Crippen LogP contribution in [0.2, 0.25) is 0 Å². The monoisotopic (exact) mass is 450 g/mol. The van der Waals surface area contributed by atoms with E-state index in [4.69, 9.17) is 4.52 Å². The summed E-state index contributed by atoms with van der Waals surface area (Å²) in [6.07, 6.45) is 23.2. The Morgan fingerprint density at radius 2 is 1.03 bits per heavy atom. The van der Waals surface area contributed by atoms with Crippen LogP contribution >= 0.6 is 6.83 Å². The summed E-state index contributed by atoms with van der Waals surface area (Å²) in [5, 5.41) is 0. The Morgan fingerprint density at radius 3 is 1.45 bits per heavy atom. The summed E-state index contributed by atoms with van der Waals surface area (Å²) >= 11 is 0. The van der Waals surface area contributed by atoms with Gasteiger partial charge in [-0.2, -0.15) is 0 Å². The molecule has 0 N–H and O–H groups in total. The van der Waals surface area contributed by atoms with E-state index in [1.165, 1.54) is 103 Å². The average Bonchev–Trinajstić information content (AvgIpc) is 2.73. The summed E-state index contributed by atoms with van der Waals surface area (Å²) < 4.78 is 6.03. The number of benzene rings is 1. The molecule has 0 unspecified atom stereocenters. The number of carbonyl (C=O) groups is 1. The summed E-state index contributed by atoms with van der Waals surface area (Å²) in [5.74, 6) is -0.165. The third kappa shape index (κ3) is 15.5. The molecule has 0 aliphatic rings. The Balaban J connectivity index is 1.97. The fourth-order valence-electron chi connectivity index (χ4n) is 4.18. The third-order valence-electron chi connectivity index (χ3n) is 6.20. The van der Waals surface area contributed by atoms with Gasteiger partial charge >= 0.3 is 155 Å². The second-order valence-electron chi connectivity index (χ2n) is 10.7. The third-order valence-corrected chi connectivity index (χ3v) is 8.89. The molecule has 0 aliphatic heterocycles. The van der Waals surface area contributed by atoms with Gasteiger partial charge in [0, 0.05) is 0 Å². The summed E-state index contributed by atoms with van der Waals surface area (Å²) in [4.78, 5) is 12.4. The van der Waals surface area contributed by atoms with Crippen LogP contribution < -0.4 is 0 Å². The van der Waals surface area contributed by atoms with E-state index in [2.05, 4.69) is 26.9 Å². The van der Waals surface area contributed by atoms with Crippen LogP contribution in [0.5, 0.6) is 0 Å². The number of unbranched alkanes of at least 4 members (excludes halogenated alkanes) is 15. The van der Waals surface area contributed by atoms with Gasteiger partial charge in [0.25, 0.3) is 0 Å². The van der Waals surface area contributed by atoms with Gasteiger partial charge in [0.15, 0.2) is 0 Å². The maximum absolute atomic E-state index is 12.4. The fraction of sp³-hybridized carbons (Fsp3) is 0.750. The molecule has 2 nitrogen and oxygen atoms in total. The second kappa shape index (κ2) is 15.8. The van der Waals surface area contributed by atoms with Crippen LogP contribution in [0.1, 0.15) is 120 Å². The van der Waals surface area contributed by atoms with Crippen molar-refractivity contribution in [3.63, 3.8) is 0 Å². The van der Waals surface area contributed by atoms with Crippen molar-refractivity contribution >= 4 is 12.8 Å². The van der Waals surface area contributed by atoms with Crippen LogP contribution in [0.25, 0.3) is 0 Å². The molecule has 0 atom stereocenters. The SMILES string of the molecule is CCCCCCCCCCCCCCCCCCP(C)(C)(C)OC(=O)c1ccccc1. The molecule has 31 heavy (non-hydrogen) atoms. The van der Waals surface area contributed by atoms with Crippen molar-refractivity contribution in [2.24, 2.45) is 0 Å². The standard InChI is InChI=1S/C28H51O2P/c1-5-6-7-8-9-10-11-12-13-14-15-16-17-18-19-23-26-31(2,3,4)30-28(29)27-24-21-20-22-25-27/h20-22,24-25H,5-19,23,26H2,1-4H3. The van der Waals surface area contributed by atoms with Crippen LogP contribution in [-0.4, -0.2) is 32.1 Å². The Kier molecular flexibility index (Phi) is 14.4. The number of hydrogen-bond donors (Lipinski definition) is 0. The molecule has 3 heteroatoms. The molecule has 0 aromatic heterocycles. The average molecular weight is 451 g/mol. The van der Waals surface area contributed by atoms with E-state index >= 15 is 0 Å². The molecule has 0 aliphatic carbocycles. The van der Waals surface area contributed by atoms with E-state index in [9.17, 15) is 4.79 Å². The predicted octanol–water partition coefficient (Wildman–Crippen LogP) is 9.46. The first-order valence-electron chi connectivity index (χ1n) is 13.1. The van der Waals surface area contributed by atoms with Gasteiger partial charge in [0.2, 0.25) is 0 Å². The van der Waals surface area contributed by atoms with Crippen LogP contribution in [0.4, 0.5) is 0 Å². The van der Waals surface area contributed by atoms with E-state index < -0.39 is 6.83 Å². The number of carbonyl (C=O) groups excluding carboxylic acids is 1. The van der Waals surface area contributed by atoms with E-state index in [0.29, 0.717) is 5.56 Å². The van der Waals surface area contributed by atoms with Crippen molar-refractivity contribution in [2.75, 3.05) is 26.2 Å². The Hall–Kier alpha value is -0.880. The molecule has 0 heterocycles. The molecule has 0 saturated carbocycles. The van der Waals surface area contributed by atoms with Gasteiger partial charge in [-0.25, -0.2) is 0 Å². The maximum atomic E-state index is 12.4. The molecule has 0 bridgehead atoms. The van der Waals surface area contributed by atoms with Crippen molar-refractivity contribution in [2.45, 2.75) is 110 Å². The van der Waals surface area contributed by atoms with Crippen LogP contribution in [0, 0.1) is 0 Å². The van der Waals surface area contributed by atoms with Crippen molar-refractivity contribution in [1.82, 2.24) is 0 Å². The van der Waals surface area contributed by atoms with Crippen molar-refractivity contribution in [1.29, 1.82) is 0 Å². The fourth-order valence-corrected chi connectivity index (χ4v) is 6.29. The van der Waals surface area contributed by atoms with Gasteiger partial charge in [-0.15, -0.1) is 0 Å². The van der Waals surface area contributed by atoms with Gasteiger partial charge < -0.3 is 0 Å². The zero-order valence-electron chi connectivity index (χ0n) is 21.2. The first kappa shape index (κ1) is 28.2. The van der Waals surface area contributed by atoms with Crippen LogP contribution in [-0.2, 0) is 4.52 Å². The van der Waals surface area contributed by atoms with E-state index in [0.717, 1.165) is 6.16 Å². The van der Waals surface area contributed by atoms with Crippen molar-refractivity contribution < 1.29 is 9.32 Å². The molecule has 180 valence electrons. The predicted molar refractivity (Wildman–Crippen MR) is 141 cm³/mol. The van der Waals surface area contributed by atoms with E-state index in [1.807, 2.05) is 30.3 Å². The molecule has 1 aromatic rings. The quantitative estimate of drug-likeness (QED) is 0.155. The first-order valence-corrected chi connectivity index (χ1v) is 16.8. The Bertz CT molecular complexity index is 574. The van der Waals surface area contributed by atoms with E-state index in [-0.39, 0.29) is 5.97 Å². The summed E-state index contributed by atoms with van der Waals surface area (Å²) in [6, 6.07) is 9.38. The van der Waals surface area contributed by atoms with Gasteiger partial charge in [0.1, 0.15) is 0 Å². The van der Waals surface area contributed by atoms with Crippen LogP contribution in [0.3, 0.4) is 0 Å². The molecule has 0 fully saturated rings. The van der Waals surface area contributed by atoms with Crippen LogP contribution in [0.15, 0.2) is 30.3 Å². The van der Waals surface area contributed by atoms with Gasteiger partial charge in [-0.05, 0) is 0 Å². The zero-order valence-corrected chi connectivity index (χ0v) is 22.1. The van der Waals surface area contributed by atoms with Crippen molar-refractivity contribution in [3.05, 3.63) is 35.9 Å². The van der Waals surface area contributed by atoms with Crippen molar-refractivity contribution in [3.8, 4) is 0 Å². The Morgan fingerprint density at radius 1 is 0.645 bits per heavy atom. The topological polar surface area (TPSA) is 26.3 Å². The number of hydrogen-bond acceptors (Lipinski definition) is 2. The zero-order chi connectivity index (χ0) is 22.9. The minimum atomic E-state index is -2.38. The normalized spacial score (nSPS) is 13.0. The van der Waals surface area contributed by atoms with Gasteiger partial charge in [-0.1, -0.05) is 39.0 Å². The molecule has 0 amide bonds. The second-order valence-corrected chi connectivity index (χ2v) is 17.3. The molecular formula is C28H51O2P.